The summed E-state index contributed by atoms with van der Waals surface area (Å²) in [6.07, 6.45) is 0. The van der Waals surface area contributed by atoms with E-state index in [2.05, 4.69) is 13.8 Å². The molecule has 124 valence electrons. The maximum atomic E-state index is 12.5. The van der Waals surface area contributed by atoms with Crippen molar-refractivity contribution in [1.29, 1.82) is 0 Å². The Hall–Kier alpha value is -0.973. The van der Waals surface area contributed by atoms with Gasteiger partial charge in [-0.25, -0.2) is 0 Å². The Kier molecular flexibility index (Phi) is 8.88. The molecular formula is C18H21ClLiO3P. The summed E-state index contributed by atoms with van der Waals surface area (Å²) in [6, 6.07) is 12.7. The molecule has 0 heterocycles. The quantitative estimate of drug-likeness (QED) is 0.556. The van der Waals surface area contributed by atoms with Crippen molar-refractivity contribution in [2.75, 3.05) is 13.7 Å². The molecule has 0 aliphatic carbocycles. The zero-order valence-corrected chi connectivity index (χ0v) is 15.2. The topological polar surface area (TPSA) is 35.5 Å². The van der Waals surface area contributed by atoms with Gasteiger partial charge in [-0.1, -0.05) is 37.6 Å². The fraction of sp³-hybridized carbons (Fsp3) is 0.278. The van der Waals surface area contributed by atoms with Crippen molar-refractivity contribution < 1.29 is 14.3 Å². The Morgan fingerprint density at radius 1 is 1.21 bits per heavy atom. The third-order valence-electron chi connectivity index (χ3n) is 3.12. The minimum atomic E-state index is -0.0587. The van der Waals surface area contributed by atoms with Gasteiger partial charge in [-0.05, 0) is 50.1 Å². The van der Waals surface area contributed by atoms with Gasteiger partial charge < -0.3 is 9.47 Å². The Morgan fingerprint density at radius 2 is 1.92 bits per heavy atom. The van der Waals surface area contributed by atoms with Crippen molar-refractivity contribution in [3.05, 3.63) is 53.1 Å². The van der Waals surface area contributed by atoms with Crippen molar-refractivity contribution in [1.82, 2.24) is 0 Å². The molecular weight excluding hydrogens is 338 g/mol. The molecule has 6 heteroatoms. The van der Waals surface area contributed by atoms with Crippen LogP contribution in [0.4, 0.5) is 0 Å². The first kappa shape index (κ1) is 21.1. The van der Waals surface area contributed by atoms with Gasteiger partial charge in [-0.15, -0.1) is 0 Å². The van der Waals surface area contributed by atoms with Crippen LogP contribution >= 0.6 is 20.2 Å². The number of halogens is 1. The number of benzene rings is 2. The Balaban J connectivity index is 0.00000288. The molecule has 2 aromatic rings. The third-order valence-corrected chi connectivity index (χ3v) is 4.80. The summed E-state index contributed by atoms with van der Waals surface area (Å²) in [6.45, 7) is 4.81. The van der Waals surface area contributed by atoms with Crippen LogP contribution in [-0.2, 0) is 0 Å². The van der Waals surface area contributed by atoms with E-state index in [-0.39, 0.29) is 33.0 Å². The predicted molar refractivity (Wildman–Crippen MR) is 104 cm³/mol. The summed E-state index contributed by atoms with van der Waals surface area (Å²) in [4.78, 5) is 12.5. The standard InChI is InChI=1S/C18H20ClO3P.Li.H/c1-12(2)11-22-13-8-9-17(15(19)10-13)23-18(20)14-6-4-5-7-16(14)21-3;;/h4-10,12,23H,11H2,1-3H3;;. The van der Waals surface area contributed by atoms with E-state index >= 15 is 0 Å². The minimum absolute atomic E-state index is 0. The first-order valence-corrected chi connectivity index (χ1v) is 8.75. The zero-order valence-electron chi connectivity index (χ0n) is 13.4. The average molecular weight is 359 g/mol. The van der Waals surface area contributed by atoms with Crippen molar-refractivity contribution in [3.8, 4) is 11.5 Å². The summed E-state index contributed by atoms with van der Waals surface area (Å²) >= 11 is 6.29. The normalized spacial score (nSPS) is 10.7. The number of carbonyl (C=O) groups excluding carboxylic acids is 1. The fourth-order valence-electron chi connectivity index (χ4n) is 1.97. The van der Waals surface area contributed by atoms with Gasteiger partial charge in [0, 0.05) is 0 Å². The molecule has 0 saturated heterocycles. The maximum absolute atomic E-state index is 12.5. The van der Waals surface area contributed by atoms with Gasteiger partial charge in [0.25, 0.3) is 0 Å². The van der Waals surface area contributed by atoms with Crippen LogP contribution in [0.2, 0.25) is 5.02 Å². The molecule has 0 spiro atoms. The van der Waals surface area contributed by atoms with Gasteiger partial charge in [-0.3, -0.25) is 4.79 Å². The van der Waals surface area contributed by atoms with Crippen LogP contribution in [0.1, 0.15) is 24.2 Å². The van der Waals surface area contributed by atoms with Crippen LogP contribution in [0.3, 0.4) is 0 Å². The fourth-order valence-corrected chi connectivity index (χ4v) is 3.23. The van der Waals surface area contributed by atoms with Crippen molar-refractivity contribution >= 4 is 49.9 Å². The molecule has 0 radical (unpaired) electrons. The van der Waals surface area contributed by atoms with Crippen molar-refractivity contribution in [3.63, 3.8) is 0 Å². The molecule has 1 atom stereocenters. The molecule has 24 heavy (non-hydrogen) atoms. The van der Waals surface area contributed by atoms with Gasteiger partial charge in [0.1, 0.15) is 11.5 Å². The Morgan fingerprint density at radius 3 is 2.54 bits per heavy atom. The first-order chi connectivity index (χ1) is 11.0. The summed E-state index contributed by atoms with van der Waals surface area (Å²) in [5.41, 5.74) is 0.574. The summed E-state index contributed by atoms with van der Waals surface area (Å²) in [5, 5.41) is 1.35. The third kappa shape index (κ3) is 5.83. The van der Waals surface area contributed by atoms with Crippen LogP contribution in [0.15, 0.2) is 42.5 Å². The molecule has 0 aromatic heterocycles. The summed E-state index contributed by atoms with van der Waals surface area (Å²) < 4.78 is 10.9. The van der Waals surface area contributed by atoms with Gasteiger partial charge in [0.2, 0.25) is 0 Å². The van der Waals surface area contributed by atoms with E-state index in [1.54, 1.807) is 25.3 Å². The number of hydrogen-bond acceptors (Lipinski definition) is 3. The molecule has 1 unspecified atom stereocenters. The number of methoxy groups -OCH3 is 1. The molecule has 0 fully saturated rings. The second-order valence-corrected chi connectivity index (χ2v) is 7.15. The van der Waals surface area contributed by atoms with E-state index in [1.807, 2.05) is 24.3 Å². The molecule has 0 saturated carbocycles. The van der Waals surface area contributed by atoms with Crippen LogP contribution < -0.4 is 14.8 Å². The SMILES string of the molecule is COc1ccccc1C(=O)Pc1ccc(OCC(C)C)cc1Cl.[LiH]. The zero-order chi connectivity index (χ0) is 16.8. The number of rotatable bonds is 7. The number of carbonyl (C=O) groups is 1. The molecule has 3 nitrogen and oxygen atoms in total. The Labute approximate surface area is 162 Å². The number of para-hydroxylation sites is 1. The average Bonchev–Trinajstić information content (AvgIpc) is 2.55. The second-order valence-electron chi connectivity index (χ2n) is 5.50. The molecule has 0 bridgehead atoms. The van der Waals surface area contributed by atoms with E-state index in [4.69, 9.17) is 21.1 Å². The van der Waals surface area contributed by atoms with E-state index in [0.29, 0.717) is 28.9 Å². The van der Waals surface area contributed by atoms with Gasteiger partial charge >= 0.3 is 18.9 Å². The molecule has 0 amide bonds. The number of ether oxygens (including phenoxy) is 2. The van der Waals surface area contributed by atoms with Crippen molar-refractivity contribution in [2.24, 2.45) is 5.92 Å². The predicted octanol–water partition coefficient (Wildman–Crippen LogP) is 3.88. The van der Waals surface area contributed by atoms with Crippen LogP contribution in [0.5, 0.6) is 11.5 Å². The molecule has 0 N–H and O–H groups in total. The Bertz CT molecular complexity index is 692. The monoisotopic (exact) mass is 358 g/mol. The van der Waals surface area contributed by atoms with Gasteiger partial charge in [0.05, 0.1) is 24.3 Å². The summed E-state index contributed by atoms with van der Waals surface area (Å²) in [5.74, 6) is 1.75. The van der Waals surface area contributed by atoms with E-state index in [1.165, 1.54) is 0 Å². The number of hydrogen-bond donors (Lipinski definition) is 0. The first-order valence-electron chi connectivity index (χ1n) is 7.38. The van der Waals surface area contributed by atoms with Crippen LogP contribution in [-0.4, -0.2) is 38.1 Å². The summed E-state index contributed by atoms with van der Waals surface area (Å²) in [7, 11) is 1.50. The van der Waals surface area contributed by atoms with Crippen molar-refractivity contribution in [2.45, 2.75) is 13.8 Å². The molecule has 0 aliphatic rings. The molecule has 2 rings (SSSR count). The van der Waals surface area contributed by atoms with E-state index in [0.717, 1.165) is 11.1 Å². The van der Waals surface area contributed by atoms with E-state index < -0.39 is 0 Å². The van der Waals surface area contributed by atoms with Gasteiger partial charge in [-0.2, -0.15) is 0 Å². The van der Waals surface area contributed by atoms with Crippen LogP contribution in [0.25, 0.3) is 0 Å². The van der Waals surface area contributed by atoms with Crippen LogP contribution in [0, 0.1) is 5.92 Å². The molecule has 0 aliphatic heterocycles. The van der Waals surface area contributed by atoms with E-state index in [9.17, 15) is 4.79 Å². The second kappa shape index (κ2) is 10.1. The van der Waals surface area contributed by atoms with Gasteiger partial charge in [0.15, 0.2) is 5.52 Å². The molecule has 2 aromatic carbocycles.